The smallest absolute Gasteiger partial charge is 0.307 e. The molecule has 1 saturated heterocycles. The number of aliphatic carboxylic acids is 1. The van der Waals surface area contributed by atoms with E-state index in [2.05, 4.69) is 16.8 Å². The van der Waals surface area contributed by atoms with Crippen LogP contribution in [0, 0.1) is 19.8 Å². The highest BCUT2D eigenvalue weighted by atomic mass is 32.1. The minimum absolute atomic E-state index is 0.203. The highest BCUT2D eigenvalue weighted by Gasteiger charge is 2.25. The summed E-state index contributed by atoms with van der Waals surface area (Å²) in [5.74, 6) is -0.868. The van der Waals surface area contributed by atoms with Gasteiger partial charge in [0.1, 0.15) is 5.01 Å². The maximum atomic E-state index is 11.0. The quantitative estimate of drug-likeness (QED) is 0.897. The number of hydrogen-bond acceptors (Lipinski definition) is 4. The zero-order valence-corrected chi connectivity index (χ0v) is 11.1. The zero-order valence-electron chi connectivity index (χ0n) is 10.3. The number of thiazole rings is 1. The van der Waals surface area contributed by atoms with E-state index in [0.29, 0.717) is 6.54 Å². The van der Waals surface area contributed by atoms with Crippen molar-refractivity contribution in [1.82, 2.24) is 9.88 Å². The number of carboxylic acid groups (broad SMARTS) is 1. The minimum Gasteiger partial charge on any atom is -0.481 e. The van der Waals surface area contributed by atoms with Crippen molar-refractivity contribution in [3.8, 4) is 0 Å². The van der Waals surface area contributed by atoms with Crippen LogP contribution in [0.4, 0.5) is 0 Å². The summed E-state index contributed by atoms with van der Waals surface area (Å²) < 4.78 is 0. The molecule has 0 aliphatic carbocycles. The fourth-order valence-electron chi connectivity index (χ4n) is 2.20. The van der Waals surface area contributed by atoms with E-state index in [1.807, 2.05) is 6.92 Å². The Hall–Kier alpha value is -0.940. The third-order valence-electron chi connectivity index (χ3n) is 3.29. The van der Waals surface area contributed by atoms with Gasteiger partial charge in [-0.05, 0) is 33.2 Å². The van der Waals surface area contributed by atoms with Crippen molar-refractivity contribution in [3.63, 3.8) is 0 Å². The molecule has 2 rings (SSSR count). The first-order valence-corrected chi connectivity index (χ1v) is 6.76. The molecule has 0 amide bonds. The largest absolute Gasteiger partial charge is 0.481 e. The number of carbonyl (C=O) groups is 1. The summed E-state index contributed by atoms with van der Waals surface area (Å²) in [4.78, 5) is 18.9. The molecule has 0 saturated carbocycles. The van der Waals surface area contributed by atoms with Crippen LogP contribution in [0.15, 0.2) is 0 Å². The van der Waals surface area contributed by atoms with E-state index >= 15 is 0 Å². The molecule has 2 heterocycles. The summed E-state index contributed by atoms with van der Waals surface area (Å²) in [6.45, 7) is 6.54. The Labute approximate surface area is 105 Å². The SMILES string of the molecule is Cc1nc(CN2CCCC(C(=O)O)C2)sc1C. The summed E-state index contributed by atoms with van der Waals surface area (Å²) in [6.07, 6.45) is 1.78. The fourth-order valence-corrected chi connectivity index (χ4v) is 3.18. The van der Waals surface area contributed by atoms with Crippen molar-refractivity contribution in [2.45, 2.75) is 33.2 Å². The van der Waals surface area contributed by atoms with Crippen LogP contribution in [0.2, 0.25) is 0 Å². The normalized spacial score (nSPS) is 21.6. The van der Waals surface area contributed by atoms with Crippen LogP contribution < -0.4 is 0 Å². The molecule has 1 N–H and O–H groups in total. The maximum Gasteiger partial charge on any atom is 0.307 e. The van der Waals surface area contributed by atoms with Crippen molar-refractivity contribution in [2.75, 3.05) is 13.1 Å². The monoisotopic (exact) mass is 254 g/mol. The summed E-state index contributed by atoms with van der Waals surface area (Å²) in [5.41, 5.74) is 1.09. The lowest BCUT2D eigenvalue weighted by Crippen LogP contribution is -2.38. The highest BCUT2D eigenvalue weighted by Crippen LogP contribution is 2.22. The molecule has 17 heavy (non-hydrogen) atoms. The van der Waals surface area contributed by atoms with Crippen LogP contribution >= 0.6 is 11.3 Å². The van der Waals surface area contributed by atoms with Crippen LogP contribution in [-0.2, 0) is 11.3 Å². The van der Waals surface area contributed by atoms with Crippen molar-refractivity contribution in [1.29, 1.82) is 0 Å². The van der Waals surface area contributed by atoms with Crippen molar-refractivity contribution < 1.29 is 9.90 Å². The Morgan fingerprint density at radius 1 is 1.59 bits per heavy atom. The number of aromatic nitrogens is 1. The average Bonchev–Trinajstić information content (AvgIpc) is 2.58. The van der Waals surface area contributed by atoms with E-state index in [4.69, 9.17) is 5.11 Å². The van der Waals surface area contributed by atoms with Gasteiger partial charge >= 0.3 is 5.97 Å². The maximum absolute atomic E-state index is 11.0. The lowest BCUT2D eigenvalue weighted by Gasteiger charge is -2.29. The number of likely N-dealkylation sites (tertiary alicyclic amines) is 1. The molecule has 1 aliphatic rings. The molecular formula is C12H18N2O2S. The molecule has 1 unspecified atom stereocenters. The van der Waals surface area contributed by atoms with Gasteiger partial charge < -0.3 is 5.11 Å². The van der Waals surface area contributed by atoms with Gasteiger partial charge in [0.05, 0.1) is 18.2 Å². The van der Waals surface area contributed by atoms with Crippen LogP contribution in [0.25, 0.3) is 0 Å². The fraction of sp³-hybridized carbons (Fsp3) is 0.667. The second kappa shape index (κ2) is 5.14. The van der Waals surface area contributed by atoms with E-state index in [-0.39, 0.29) is 5.92 Å². The van der Waals surface area contributed by atoms with Crippen molar-refractivity contribution >= 4 is 17.3 Å². The topological polar surface area (TPSA) is 53.4 Å². The molecule has 94 valence electrons. The standard InChI is InChI=1S/C12H18N2O2S/c1-8-9(2)17-11(13-8)7-14-5-3-4-10(6-14)12(15)16/h10H,3-7H2,1-2H3,(H,15,16). The highest BCUT2D eigenvalue weighted by molar-refractivity contribution is 7.11. The first-order valence-electron chi connectivity index (χ1n) is 5.94. The van der Waals surface area contributed by atoms with Gasteiger partial charge in [0, 0.05) is 11.4 Å². The zero-order chi connectivity index (χ0) is 12.4. The number of hydrogen-bond donors (Lipinski definition) is 1. The predicted octanol–water partition coefficient (Wildman–Crippen LogP) is 2.06. The molecule has 5 heteroatoms. The number of piperidine rings is 1. The summed E-state index contributed by atoms with van der Waals surface area (Å²) in [6, 6.07) is 0. The summed E-state index contributed by atoms with van der Waals surface area (Å²) >= 11 is 1.72. The van der Waals surface area contributed by atoms with E-state index < -0.39 is 5.97 Å². The van der Waals surface area contributed by atoms with Gasteiger partial charge in [0.15, 0.2) is 0 Å². The van der Waals surface area contributed by atoms with Gasteiger partial charge in [-0.25, -0.2) is 4.98 Å². The van der Waals surface area contributed by atoms with E-state index in [9.17, 15) is 4.79 Å². The molecule has 0 radical (unpaired) electrons. The Balaban J connectivity index is 1.96. The molecule has 0 aromatic carbocycles. The molecule has 1 aliphatic heterocycles. The molecule has 4 nitrogen and oxygen atoms in total. The van der Waals surface area contributed by atoms with Crippen LogP contribution in [-0.4, -0.2) is 34.0 Å². The van der Waals surface area contributed by atoms with E-state index in [1.165, 1.54) is 4.88 Å². The lowest BCUT2D eigenvalue weighted by atomic mass is 9.98. The Morgan fingerprint density at radius 2 is 2.35 bits per heavy atom. The van der Waals surface area contributed by atoms with Gasteiger partial charge in [-0.2, -0.15) is 0 Å². The third-order valence-corrected chi connectivity index (χ3v) is 4.34. The second-order valence-corrected chi connectivity index (χ2v) is 5.95. The summed E-state index contributed by atoms with van der Waals surface area (Å²) in [5, 5.41) is 10.1. The number of rotatable bonds is 3. The first kappa shape index (κ1) is 12.5. The third kappa shape index (κ3) is 3.04. The van der Waals surface area contributed by atoms with Crippen LogP contribution in [0.1, 0.15) is 28.4 Å². The number of carboxylic acids is 1. The van der Waals surface area contributed by atoms with Crippen LogP contribution in [0.3, 0.4) is 0 Å². The van der Waals surface area contributed by atoms with Crippen LogP contribution in [0.5, 0.6) is 0 Å². The Morgan fingerprint density at radius 3 is 2.94 bits per heavy atom. The Bertz CT molecular complexity index is 397. The molecule has 0 spiro atoms. The van der Waals surface area contributed by atoms with Gasteiger partial charge in [-0.15, -0.1) is 11.3 Å². The van der Waals surface area contributed by atoms with E-state index in [0.717, 1.165) is 36.6 Å². The van der Waals surface area contributed by atoms with Crippen molar-refractivity contribution in [3.05, 3.63) is 15.6 Å². The molecule has 1 aromatic rings. The molecular weight excluding hydrogens is 236 g/mol. The van der Waals surface area contributed by atoms with E-state index in [1.54, 1.807) is 11.3 Å². The van der Waals surface area contributed by atoms with Crippen molar-refractivity contribution in [2.24, 2.45) is 5.92 Å². The minimum atomic E-state index is -0.666. The Kier molecular flexibility index (Phi) is 3.79. The van der Waals surface area contributed by atoms with Gasteiger partial charge in [0.2, 0.25) is 0 Å². The van der Waals surface area contributed by atoms with Gasteiger partial charge in [-0.3, -0.25) is 9.69 Å². The number of aryl methyl sites for hydroxylation is 2. The first-order chi connectivity index (χ1) is 8.06. The second-order valence-electron chi connectivity index (χ2n) is 4.66. The molecule has 1 aromatic heterocycles. The predicted molar refractivity (Wildman–Crippen MR) is 67.2 cm³/mol. The molecule has 0 bridgehead atoms. The summed E-state index contributed by atoms with van der Waals surface area (Å²) in [7, 11) is 0. The molecule has 1 fully saturated rings. The van der Waals surface area contributed by atoms with Gasteiger partial charge in [-0.1, -0.05) is 0 Å². The van der Waals surface area contributed by atoms with Gasteiger partial charge in [0.25, 0.3) is 0 Å². The molecule has 1 atom stereocenters. The average molecular weight is 254 g/mol. The number of nitrogens with zero attached hydrogens (tertiary/aromatic N) is 2. The lowest BCUT2D eigenvalue weighted by molar-refractivity contribution is -0.143.